The Morgan fingerprint density at radius 1 is 1.40 bits per heavy atom. The van der Waals surface area contributed by atoms with E-state index in [1.54, 1.807) is 0 Å². The van der Waals surface area contributed by atoms with Crippen LogP contribution >= 0.6 is 0 Å². The normalized spacial score (nSPS) is 23.6. The van der Waals surface area contributed by atoms with Gasteiger partial charge in [-0.3, -0.25) is 9.78 Å². The second-order valence-corrected chi connectivity index (χ2v) is 5.24. The molecule has 2 fully saturated rings. The lowest BCUT2D eigenvalue weighted by Crippen LogP contribution is -2.40. The van der Waals surface area contributed by atoms with Gasteiger partial charge in [0.25, 0.3) is 5.56 Å². The number of anilines is 2. The SMILES string of the molecule is O=c1cc(N[C@@H]2CCCNC2)nc(N2CCOCC2)[nH]1. The van der Waals surface area contributed by atoms with E-state index in [2.05, 4.69) is 25.5 Å². The topological polar surface area (TPSA) is 82.3 Å². The maximum atomic E-state index is 11.8. The highest BCUT2D eigenvalue weighted by Gasteiger charge is 2.16. The van der Waals surface area contributed by atoms with Crippen LogP contribution in [0.2, 0.25) is 0 Å². The van der Waals surface area contributed by atoms with Crippen molar-refractivity contribution in [3.8, 4) is 0 Å². The second-order valence-electron chi connectivity index (χ2n) is 5.24. The summed E-state index contributed by atoms with van der Waals surface area (Å²) in [5.74, 6) is 1.29. The molecular weight excluding hydrogens is 258 g/mol. The minimum atomic E-state index is -0.118. The van der Waals surface area contributed by atoms with Gasteiger partial charge in [-0.1, -0.05) is 0 Å². The van der Waals surface area contributed by atoms with Gasteiger partial charge >= 0.3 is 0 Å². The van der Waals surface area contributed by atoms with E-state index < -0.39 is 0 Å². The highest BCUT2D eigenvalue weighted by atomic mass is 16.5. The summed E-state index contributed by atoms with van der Waals surface area (Å²) < 4.78 is 5.32. The van der Waals surface area contributed by atoms with Crippen molar-refractivity contribution in [2.24, 2.45) is 0 Å². The Morgan fingerprint density at radius 3 is 3.00 bits per heavy atom. The van der Waals surface area contributed by atoms with Gasteiger partial charge in [0, 0.05) is 31.7 Å². The summed E-state index contributed by atoms with van der Waals surface area (Å²) in [5.41, 5.74) is -0.118. The van der Waals surface area contributed by atoms with Crippen LogP contribution in [-0.2, 0) is 4.74 Å². The van der Waals surface area contributed by atoms with Gasteiger partial charge in [0.2, 0.25) is 5.95 Å². The Labute approximate surface area is 117 Å². The summed E-state index contributed by atoms with van der Waals surface area (Å²) in [6.45, 7) is 4.86. The predicted octanol–water partition coefficient (Wildman–Crippen LogP) is -0.230. The van der Waals surface area contributed by atoms with Gasteiger partial charge in [-0.15, -0.1) is 0 Å². The molecule has 7 heteroatoms. The van der Waals surface area contributed by atoms with E-state index >= 15 is 0 Å². The van der Waals surface area contributed by atoms with Crippen molar-refractivity contribution in [1.82, 2.24) is 15.3 Å². The molecule has 20 heavy (non-hydrogen) atoms. The number of nitrogens with zero attached hydrogens (tertiary/aromatic N) is 2. The molecular formula is C13H21N5O2. The number of piperidine rings is 1. The van der Waals surface area contributed by atoms with Gasteiger partial charge in [-0.2, -0.15) is 4.98 Å². The van der Waals surface area contributed by atoms with Gasteiger partial charge < -0.3 is 20.3 Å². The molecule has 0 aliphatic carbocycles. The molecule has 0 spiro atoms. The molecule has 3 N–H and O–H groups in total. The maximum Gasteiger partial charge on any atom is 0.254 e. The number of morpholine rings is 1. The fourth-order valence-electron chi connectivity index (χ4n) is 2.63. The first-order valence-corrected chi connectivity index (χ1v) is 7.22. The van der Waals surface area contributed by atoms with Crippen molar-refractivity contribution in [1.29, 1.82) is 0 Å². The first kappa shape index (κ1) is 13.4. The molecule has 0 radical (unpaired) electrons. The molecule has 0 amide bonds. The third-order valence-corrected chi connectivity index (χ3v) is 3.69. The Kier molecular flexibility index (Phi) is 4.17. The molecule has 2 saturated heterocycles. The highest BCUT2D eigenvalue weighted by Crippen LogP contribution is 2.13. The Morgan fingerprint density at radius 2 is 2.25 bits per heavy atom. The van der Waals surface area contributed by atoms with Crippen LogP contribution in [0.3, 0.4) is 0 Å². The van der Waals surface area contributed by atoms with Gasteiger partial charge in [0.15, 0.2) is 0 Å². The monoisotopic (exact) mass is 279 g/mol. The molecule has 3 rings (SSSR count). The number of nitrogens with one attached hydrogen (secondary N) is 3. The average Bonchev–Trinajstić information content (AvgIpc) is 2.49. The summed E-state index contributed by atoms with van der Waals surface area (Å²) in [7, 11) is 0. The molecule has 3 heterocycles. The number of H-pyrrole nitrogens is 1. The molecule has 0 bridgehead atoms. The first-order valence-electron chi connectivity index (χ1n) is 7.22. The van der Waals surface area contributed by atoms with Crippen LogP contribution in [0.5, 0.6) is 0 Å². The van der Waals surface area contributed by atoms with Crippen molar-refractivity contribution in [2.45, 2.75) is 18.9 Å². The number of aromatic nitrogens is 2. The van der Waals surface area contributed by atoms with Crippen molar-refractivity contribution in [3.63, 3.8) is 0 Å². The number of hydrogen-bond acceptors (Lipinski definition) is 6. The first-order chi connectivity index (χ1) is 9.81. The average molecular weight is 279 g/mol. The van der Waals surface area contributed by atoms with Gasteiger partial charge in [-0.05, 0) is 19.4 Å². The number of ether oxygens (including phenoxy) is 1. The third kappa shape index (κ3) is 3.29. The standard InChI is InChI=1S/C13H21N5O2/c19-12-8-11(15-10-2-1-3-14-9-10)16-13(17-12)18-4-6-20-7-5-18/h8,10,14H,1-7,9H2,(H2,15,16,17,19)/t10-/m1/s1. The van der Waals surface area contributed by atoms with E-state index in [4.69, 9.17) is 4.74 Å². The molecule has 1 aromatic rings. The molecule has 1 aromatic heterocycles. The Hall–Kier alpha value is -1.60. The molecule has 0 unspecified atom stereocenters. The predicted molar refractivity (Wildman–Crippen MR) is 77.4 cm³/mol. The van der Waals surface area contributed by atoms with E-state index in [9.17, 15) is 4.79 Å². The van der Waals surface area contributed by atoms with E-state index in [-0.39, 0.29) is 5.56 Å². The van der Waals surface area contributed by atoms with Crippen LogP contribution < -0.4 is 21.1 Å². The summed E-state index contributed by atoms with van der Waals surface area (Å²) >= 11 is 0. The molecule has 7 nitrogen and oxygen atoms in total. The Bertz CT molecular complexity index is 492. The highest BCUT2D eigenvalue weighted by molar-refractivity contribution is 5.42. The lowest BCUT2D eigenvalue weighted by atomic mass is 10.1. The summed E-state index contributed by atoms with van der Waals surface area (Å²) in [6, 6.07) is 1.87. The zero-order valence-corrected chi connectivity index (χ0v) is 11.5. The Balaban J connectivity index is 1.73. The van der Waals surface area contributed by atoms with Crippen LogP contribution in [0.1, 0.15) is 12.8 Å². The van der Waals surface area contributed by atoms with Gasteiger partial charge in [0.1, 0.15) is 5.82 Å². The molecule has 110 valence electrons. The minimum Gasteiger partial charge on any atom is -0.378 e. The smallest absolute Gasteiger partial charge is 0.254 e. The van der Waals surface area contributed by atoms with Crippen LogP contribution in [0.15, 0.2) is 10.9 Å². The quantitative estimate of drug-likeness (QED) is 0.709. The van der Waals surface area contributed by atoms with Gasteiger partial charge in [0.05, 0.1) is 13.2 Å². The summed E-state index contributed by atoms with van der Waals surface area (Å²) in [6.07, 6.45) is 2.26. The lowest BCUT2D eigenvalue weighted by molar-refractivity contribution is 0.122. The lowest BCUT2D eigenvalue weighted by Gasteiger charge is -2.28. The summed E-state index contributed by atoms with van der Waals surface area (Å²) in [5, 5.41) is 6.69. The fourth-order valence-corrected chi connectivity index (χ4v) is 2.63. The minimum absolute atomic E-state index is 0.118. The number of aromatic amines is 1. The largest absolute Gasteiger partial charge is 0.378 e. The van der Waals surface area contributed by atoms with Crippen molar-refractivity contribution in [3.05, 3.63) is 16.4 Å². The summed E-state index contributed by atoms with van der Waals surface area (Å²) in [4.78, 5) is 21.2. The number of hydrogen-bond donors (Lipinski definition) is 3. The third-order valence-electron chi connectivity index (χ3n) is 3.69. The molecule has 0 aromatic carbocycles. The zero-order valence-electron chi connectivity index (χ0n) is 11.5. The number of rotatable bonds is 3. The van der Waals surface area contributed by atoms with Crippen LogP contribution in [0.25, 0.3) is 0 Å². The van der Waals surface area contributed by atoms with E-state index in [0.717, 1.165) is 39.0 Å². The van der Waals surface area contributed by atoms with E-state index in [0.29, 0.717) is 31.0 Å². The van der Waals surface area contributed by atoms with Crippen LogP contribution in [0.4, 0.5) is 11.8 Å². The molecule has 2 aliphatic heterocycles. The van der Waals surface area contributed by atoms with Crippen molar-refractivity contribution >= 4 is 11.8 Å². The van der Waals surface area contributed by atoms with Gasteiger partial charge in [-0.25, -0.2) is 0 Å². The van der Waals surface area contributed by atoms with Crippen molar-refractivity contribution in [2.75, 3.05) is 49.6 Å². The molecule has 0 saturated carbocycles. The van der Waals surface area contributed by atoms with E-state index in [1.165, 1.54) is 6.07 Å². The second kappa shape index (κ2) is 6.23. The zero-order chi connectivity index (χ0) is 13.8. The fraction of sp³-hybridized carbons (Fsp3) is 0.692. The van der Waals surface area contributed by atoms with Crippen LogP contribution in [0, 0.1) is 0 Å². The maximum absolute atomic E-state index is 11.8. The van der Waals surface area contributed by atoms with Crippen LogP contribution in [-0.4, -0.2) is 55.4 Å². The molecule has 1 atom stereocenters. The van der Waals surface area contributed by atoms with E-state index in [1.807, 2.05) is 0 Å². The molecule has 2 aliphatic rings. The van der Waals surface area contributed by atoms with Crippen molar-refractivity contribution < 1.29 is 4.74 Å².